The fourth-order valence-electron chi connectivity index (χ4n) is 7.83. The molecule has 6 heteroatoms. The Labute approximate surface area is 361 Å². The molecule has 58 heavy (non-hydrogen) atoms. The predicted molar refractivity (Wildman–Crippen MR) is 247 cm³/mol. The summed E-state index contributed by atoms with van der Waals surface area (Å²) in [5.41, 5.74) is 0. The molecular formula is C52H100O6. The van der Waals surface area contributed by atoms with Crippen molar-refractivity contribution in [3.05, 3.63) is 0 Å². The molecule has 0 saturated carbocycles. The zero-order valence-corrected chi connectivity index (χ0v) is 39.5. The third kappa shape index (κ3) is 44.0. The molecule has 0 aromatic carbocycles. The number of carbonyl (C=O) groups excluding carboxylic acids is 3. The first-order valence-electron chi connectivity index (χ1n) is 25.9. The van der Waals surface area contributed by atoms with Gasteiger partial charge in [-0.05, 0) is 25.2 Å². The number of hydrogen-bond acceptors (Lipinski definition) is 6. The van der Waals surface area contributed by atoms with E-state index in [2.05, 4.69) is 27.7 Å². The van der Waals surface area contributed by atoms with Gasteiger partial charge in [0.15, 0.2) is 6.10 Å². The number of rotatable bonds is 47. The molecule has 0 aliphatic heterocycles. The first kappa shape index (κ1) is 56.4. The summed E-state index contributed by atoms with van der Waals surface area (Å²) < 4.78 is 16.8. The monoisotopic (exact) mass is 821 g/mol. The van der Waals surface area contributed by atoms with Crippen LogP contribution in [0.25, 0.3) is 0 Å². The Balaban J connectivity index is 4.27. The molecule has 344 valence electrons. The third-order valence-corrected chi connectivity index (χ3v) is 12.2. The molecule has 0 aromatic heterocycles. The van der Waals surface area contributed by atoms with Crippen molar-refractivity contribution in [1.29, 1.82) is 0 Å². The molecule has 6 nitrogen and oxygen atoms in total. The Morgan fingerprint density at radius 3 is 0.897 bits per heavy atom. The van der Waals surface area contributed by atoms with E-state index in [1.54, 1.807) is 0 Å². The van der Waals surface area contributed by atoms with Crippen molar-refractivity contribution in [3.63, 3.8) is 0 Å². The first-order valence-corrected chi connectivity index (χ1v) is 25.9. The molecule has 0 aliphatic carbocycles. The molecule has 0 aromatic rings. The first-order chi connectivity index (χ1) is 28.4. The Morgan fingerprint density at radius 1 is 0.345 bits per heavy atom. The van der Waals surface area contributed by atoms with Gasteiger partial charge in [0.1, 0.15) is 13.2 Å². The van der Waals surface area contributed by atoms with Crippen LogP contribution in [-0.4, -0.2) is 37.2 Å². The maximum atomic E-state index is 12.7. The van der Waals surface area contributed by atoms with E-state index in [0.29, 0.717) is 19.3 Å². The molecule has 0 N–H and O–H groups in total. The molecule has 0 fully saturated rings. The van der Waals surface area contributed by atoms with Gasteiger partial charge < -0.3 is 14.2 Å². The van der Waals surface area contributed by atoms with Gasteiger partial charge in [-0.1, -0.05) is 252 Å². The van der Waals surface area contributed by atoms with Crippen LogP contribution in [0.2, 0.25) is 0 Å². The summed E-state index contributed by atoms with van der Waals surface area (Å²) in [4.78, 5) is 37.9. The van der Waals surface area contributed by atoms with E-state index in [1.165, 1.54) is 186 Å². The Hall–Kier alpha value is -1.59. The van der Waals surface area contributed by atoms with Crippen molar-refractivity contribution in [2.45, 2.75) is 297 Å². The van der Waals surface area contributed by atoms with E-state index >= 15 is 0 Å². The zero-order valence-electron chi connectivity index (χ0n) is 39.5. The molecule has 0 heterocycles. The Bertz CT molecular complexity index is 874. The van der Waals surface area contributed by atoms with E-state index in [1.807, 2.05) is 0 Å². The van der Waals surface area contributed by atoms with Crippen LogP contribution in [0.3, 0.4) is 0 Å². The molecule has 0 spiro atoms. The lowest BCUT2D eigenvalue weighted by molar-refractivity contribution is -0.167. The standard InChI is InChI=1S/C52H100O6/c1-5-8-10-12-14-16-18-19-20-21-22-23-28-31-35-39-43-50(53)56-46-49(58-52(55)45-41-37-33-27-17-15-13-11-9-6-2)47-57-51(54)44-40-36-32-29-25-24-26-30-34-38-42-48(4)7-3/h48-49H,5-47H2,1-4H3/t48?,49-/m1/s1. The molecule has 0 rings (SSSR count). The van der Waals surface area contributed by atoms with Crippen molar-refractivity contribution < 1.29 is 28.6 Å². The SMILES string of the molecule is CCCCCCCCCCCCCCCCCCC(=O)OC[C@H](COC(=O)CCCCCCCCCCCCC(C)CC)OC(=O)CCCCCCCCCCCC. The second-order valence-electron chi connectivity index (χ2n) is 18.1. The summed E-state index contributed by atoms with van der Waals surface area (Å²) in [5, 5.41) is 0. The van der Waals surface area contributed by atoms with Gasteiger partial charge in [0.25, 0.3) is 0 Å². The van der Waals surface area contributed by atoms with Gasteiger partial charge in [-0.2, -0.15) is 0 Å². The molecule has 0 aliphatic rings. The van der Waals surface area contributed by atoms with Gasteiger partial charge in [-0.3, -0.25) is 14.4 Å². The third-order valence-electron chi connectivity index (χ3n) is 12.2. The van der Waals surface area contributed by atoms with Gasteiger partial charge in [-0.15, -0.1) is 0 Å². The molecular weight excluding hydrogens is 721 g/mol. The van der Waals surface area contributed by atoms with E-state index < -0.39 is 6.10 Å². The van der Waals surface area contributed by atoms with Crippen LogP contribution in [0.15, 0.2) is 0 Å². The maximum Gasteiger partial charge on any atom is 0.306 e. The van der Waals surface area contributed by atoms with E-state index in [-0.39, 0.29) is 31.1 Å². The lowest BCUT2D eigenvalue weighted by Gasteiger charge is -2.18. The highest BCUT2D eigenvalue weighted by atomic mass is 16.6. The van der Waals surface area contributed by atoms with Gasteiger partial charge in [-0.25, -0.2) is 0 Å². The van der Waals surface area contributed by atoms with Crippen molar-refractivity contribution in [2.75, 3.05) is 13.2 Å². The van der Waals surface area contributed by atoms with E-state index in [4.69, 9.17) is 14.2 Å². The van der Waals surface area contributed by atoms with Crippen molar-refractivity contribution in [3.8, 4) is 0 Å². The normalized spacial score (nSPS) is 12.4. The number of esters is 3. The Kier molecular flexibility index (Phi) is 45.2. The zero-order chi connectivity index (χ0) is 42.4. The minimum absolute atomic E-state index is 0.0629. The molecule has 0 radical (unpaired) electrons. The minimum atomic E-state index is -0.760. The second-order valence-corrected chi connectivity index (χ2v) is 18.1. The minimum Gasteiger partial charge on any atom is -0.462 e. The summed E-state index contributed by atoms with van der Waals surface area (Å²) >= 11 is 0. The fraction of sp³-hybridized carbons (Fsp3) is 0.942. The highest BCUT2D eigenvalue weighted by Gasteiger charge is 2.19. The van der Waals surface area contributed by atoms with Gasteiger partial charge in [0.2, 0.25) is 0 Å². The second kappa shape index (κ2) is 46.5. The molecule has 0 bridgehead atoms. The van der Waals surface area contributed by atoms with Crippen LogP contribution in [0.4, 0.5) is 0 Å². The van der Waals surface area contributed by atoms with Crippen LogP contribution < -0.4 is 0 Å². The summed E-state index contributed by atoms with van der Waals surface area (Å²) in [6.07, 6.45) is 47.9. The number of hydrogen-bond donors (Lipinski definition) is 0. The molecule has 2 atom stereocenters. The summed E-state index contributed by atoms with van der Waals surface area (Å²) in [6.45, 7) is 9.04. The summed E-state index contributed by atoms with van der Waals surface area (Å²) in [7, 11) is 0. The summed E-state index contributed by atoms with van der Waals surface area (Å²) in [5.74, 6) is 0.0236. The highest BCUT2D eigenvalue weighted by Crippen LogP contribution is 2.17. The van der Waals surface area contributed by atoms with Crippen LogP contribution in [0, 0.1) is 5.92 Å². The van der Waals surface area contributed by atoms with E-state index in [9.17, 15) is 14.4 Å². The lowest BCUT2D eigenvalue weighted by Crippen LogP contribution is -2.30. The van der Waals surface area contributed by atoms with Gasteiger partial charge >= 0.3 is 17.9 Å². The average Bonchev–Trinajstić information content (AvgIpc) is 3.22. The van der Waals surface area contributed by atoms with Crippen molar-refractivity contribution >= 4 is 17.9 Å². The van der Waals surface area contributed by atoms with Crippen molar-refractivity contribution in [1.82, 2.24) is 0 Å². The van der Waals surface area contributed by atoms with Gasteiger partial charge in [0, 0.05) is 19.3 Å². The topological polar surface area (TPSA) is 78.9 Å². The van der Waals surface area contributed by atoms with Crippen LogP contribution >= 0.6 is 0 Å². The molecule has 0 saturated heterocycles. The quantitative estimate of drug-likeness (QED) is 0.0346. The molecule has 1 unspecified atom stereocenters. The van der Waals surface area contributed by atoms with Crippen molar-refractivity contribution in [2.24, 2.45) is 5.92 Å². The Morgan fingerprint density at radius 2 is 0.603 bits per heavy atom. The fourth-order valence-corrected chi connectivity index (χ4v) is 7.83. The van der Waals surface area contributed by atoms with Crippen LogP contribution in [0.5, 0.6) is 0 Å². The maximum absolute atomic E-state index is 12.7. The smallest absolute Gasteiger partial charge is 0.306 e. The lowest BCUT2D eigenvalue weighted by atomic mass is 9.99. The molecule has 0 amide bonds. The van der Waals surface area contributed by atoms with Gasteiger partial charge in [0.05, 0.1) is 0 Å². The largest absolute Gasteiger partial charge is 0.462 e. The average molecular weight is 821 g/mol. The predicted octanol–water partition coefficient (Wildman–Crippen LogP) is 16.7. The van der Waals surface area contributed by atoms with Crippen LogP contribution in [0.1, 0.15) is 291 Å². The summed E-state index contributed by atoms with van der Waals surface area (Å²) in [6, 6.07) is 0. The number of ether oxygens (including phenoxy) is 3. The number of unbranched alkanes of at least 4 members (excludes halogenated alkanes) is 33. The van der Waals surface area contributed by atoms with E-state index in [0.717, 1.165) is 63.7 Å². The number of carbonyl (C=O) groups is 3. The highest BCUT2D eigenvalue weighted by molar-refractivity contribution is 5.71. The van der Waals surface area contributed by atoms with Crippen LogP contribution in [-0.2, 0) is 28.6 Å².